The SMILES string of the molecule is Cc1nccn1-c1cc(N2CCN(C(=O)Cn3cnc4ccccc43)CC2)ncn1. The molecule has 0 radical (unpaired) electrons. The average Bonchev–Trinajstić information content (AvgIpc) is 3.40. The number of carbonyl (C=O) groups excluding carboxylic acids is 1. The van der Waals surface area contributed by atoms with Crippen LogP contribution in [0.5, 0.6) is 0 Å². The van der Waals surface area contributed by atoms with E-state index in [-0.39, 0.29) is 5.91 Å². The van der Waals surface area contributed by atoms with Gasteiger partial charge < -0.3 is 14.4 Å². The van der Waals surface area contributed by atoms with Gasteiger partial charge in [0, 0.05) is 44.6 Å². The highest BCUT2D eigenvalue weighted by atomic mass is 16.2. The second kappa shape index (κ2) is 7.58. The van der Waals surface area contributed by atoms with Gasteiger partial charge in [-0.2, -0.15) is 0 Å². The maximum Gasteiger partial charge on any atom is 0.242 e. The minimum Gasteiger partial charge on any atom is -0.353 e. The van der Waals surface area contributed by atoms with E-state index in [2.05, 4.69) is 24.8 Å². The first-order chi connectivity index (χ1) is 14.7. The molecule has 0 aliphatic carbocycles. The van der Waals surface area contributed by atoms with Crippen LogP contribution in [-0.4, -0.2) is 66.1 Å². The lowest BCUT2D eigenvalue weighted by molar-refractivity contribution is -0.132. The number of imidazole rings is 2. The van der Waals surface area contributed by atoms with Gasteiger partial charge >= 0.3 is 0 Å². The van der Waals surface area contributed by atoms with Crippen molar-refractivity contribution in [2.45, 2.75) is 13.5 Å². The molecule has 1 aliphatic heterocycles. The van der Waals surface area contributed by atoms with E-state index in [4.69, 9.17) is 0 Å². The number of para-hydroxylation sites is 2. The summed E-state index contributed by atoms with van der Waals surface area (Å²) in [7, 11) is 0. The molecule has 9 heteroatoms. The van der Waals surface area contributed by atoms with Crippen molar-refractivity contribution in [2.24, 2.45) is 0 Å². The first kappa shape index (κ1) is 18.3. The van der Waals surface area contributed by atoms with Crippen molar-refractivity contribution in [3.05, 3.63) is 61.2 Å². The summed E-state index contributed by atoms with van der Waals surface area (Å²) in [4.78, 5) is 34.3. The molecule has 1 saturated heterocycles. The molecular formula is C21H22N8O. The van der Waals surface area contributed by atoms with Crippen LogP contribution in [0, 0.1) is 6.92 Å². The number of hydrogen-bond donors (Lipinski definition) is 0. The van der Waals surface area contributed by atoms with Gasteiger partial charge in [-0.25, -0.2) is 19.9 Å². The molecular weight excluding hydrogens is 380 g/mol. The molecule has 1 fully saturated rings. The van der Waals surface area contributed by atoms with Crippen LogP contribution in [0.1, 0.15) is 5.82 Å². The highest BCUT2D eigenvalue weighted by Crippen LogP contribution is 2.18. The molecule has 5 rings (SSSR count). The predicted molar refractivity (Wildman–Crippen MR) is 112 cm³/mol. The zero-order valence-electron chi connectivity index (χ0n) is 16.7. The van der Waals surface area contributed by atoms with Gasteiger partial charge in [0.2, 0.25) is 5.91 Å². The summed E-state index contributed by atoms with van der Waals surface area (Å²) in [5, 5.41) is 0. The second-order valence-corrected chi connectivity index (χ2v) is 7.31. The fraction of sp³-hybridized carbons (Fsp3) is 0.286. The van der Waals surface area contributed by atoms with Gasteiger partial charge in [0.1, 0.15) is 30.3 Å². The first-order valence-electron chi connectivity index (χ1n) is 9.94. The van der Waals surface area contributed by atoms with Crippen molar-refractivity contribution in [1.82, 2.24) is 34.0 Å². The third kappa shape index (κ3) is 3.38. The van der Waals surface area contributed by atoms with Crippen molar-refractivity contribution in [3.63, 3.8) is 0 Å². The van der Waals surface area contributed by atoms with Crippen LogP contribution in [0.3, 0.4) is 0 Å². The lowest BCUT2D eigenvalue weighted by Gasteiger charge is -2.35. The summed E-state index contributed by atoms with van der Waals surface area (Å²) in [6.07, 6.45) is 6.95. The standard InChI is InChI=1S/C21H22N8O/c1-16-22-6-7-29(16)20-12-19(23-14-24-20)26-8-10-27(11-9-26)21(30)13-28-15-25-17-4-2-3-5-18(17)28/h2-7,12,14-15H,8-11,13H2,1H3. The highest BCUT2D eigenvalue weighted by Gasteiger charge is 2.23. The van der Waals surface area contributed by atoms with E-state index in [0.29, 0.717) is 19.6 Å². The molecule has 0 spiro atoms. The number of anilines is 1. The summed E-state index contributed by atoms with van der Waals surface area (Å²) in [5.74, 6) is 2.64. The lowest BCUT2D eigenvalue weighted by atomic mass is 10.3. The molecule has 4 aromatic rings. The van der Waals surface area contributed by atoms with Crippen LogP contribution in [0.4, 0.5) is 5.82 Å². The maximum atomic E-state index is 12.8. The first-order valence-corrected chi connectivity index (χ1v) is 9.94. The monoisotopic (exact) mass is 402 g/mol. The van der Waals surface area contributed by atoms with Crippen LogP contribution in [-0.2, 0) is 11.3 Å². The topological polar surface area (TPSA) is 85.0 Å². The van der Waals surface area contributed by atoms with Gasteiger partial charge in [0.05, 0.1) is 17.4 Å². The number of aryl methyl sites for hydroxylation is 1. The molecule has 152 valence electrons. The Labute approximate surface area is 173 Å². The zero-order chi connectivity index (χ0) is 20.5. The van der Waals surface area contributed by atoms with Crippen LogP contribution < -0.4 is 4.90 Å². The predicted octanol–water partition coefficient (Wildman–Crippen LogP) is 1.67. The molecule has 4 heterocycles. The molecule has 0 atom stereocenters. The average molecular weight is 402 g/mol. The molecule has 1 aromatic carbocycles. The zero-order valence-corrected chi connectivity index (χ0v) is 16.7. The molecule has 3 aromatic heterocycles. The Morgan fingerprint density at radius 3 is 2.60 bits per heavy atom. The second-order valence-electron chi connectivity index (χ2n) is 7.31. The van der Waals surface area contributed by atoms with Gasteiger partial charge in [0.15, 0.2) is 0 Å². The van der Waals surface area contributed by atoms with Gasteiger partial charge in [-0.1, -0.05) is 12.1 Å². The Morgan fingerprint density at radius 2 is 1.80 bits per heavy atom. The van der Waals surface area contributed by atoms with Crippen molar-refractivity contribution in [3.8, 4) is 5.82 Å². The van der Waals surface area contributed by atoms with Gasteiger partial charge in [-0.15, -0.1) is 0 Å². The molecule has 0 saturated carbocycles. The van der Waals surface area contributed by atoms with E-state index in [1.165, 1.54) is 0 Å². The summed E-state index contributed by atoms with van der Waals surface area (Å²) >= 11 is 0. The number of hydrogen-bond acceptors (Lipinski definition) is 6. The molecule has 0 N–H and O–H groups in total. The minimum absolute atomic E-state index is 0.107. The third-order valence-corrected chi connectivity index (χ3v) is 5.50. The summed E-state index contributed by atoms with van der Waals surface area (Å²) in [5.41, 5.74) is 1.88. The molecule has 1 amide bonds. The van der Waals surface area contributed by atoms with E-state index in [9.17, 15) is 4.79 Å². The van der Waals surface area contributed by atoms with Crippen LogP contribution >= 0.6 is 0 Å². The molecule has 1 aliphatic rings. The summed E-state index contributed by atoms with van der Waals surface area (Å²) in [6.45, 7) is 5.03. The summed E-state index contributed by atoms with van der Waals surface area (Å²) < 4.78 is 3.84. The van der Waals surface area contributed by atoms with Crippen LogP contribution in [0.25, 0.3) is 16.9 Å². The number of benzene rings is 1. The van der Waals surface area contributed by atoms with Crippen molar-refractivity contribution < 1.29 is 4.79 Å². The van der Waals surface area contributed by atoms with Gasteiger partial charge in [-0.05, 0) is 19.1 Å². The smallest absolute Gasteiger partial charge is 0.242 e. The quantitative estimate of drug-likeness (QED) is 0.516. The van der Waals surface area contributed by atoms with E-state index >= 15 is 0 Å². The van der Waals surface area contributed by atoms with Crippen LogP contribution in [0.15, 0.2) is 55.4 Å². The van der Waals surface area contributed by atoms with Crippen LogP contribution in [0.2, 0.25) is 0 Å². The maximum absolute atomic E-state index is 12.8. The Kier molecular flexibility index (Phi) is 4.62. The fourth-order valence-electron chi connectivity index (χ4n) is 3.83. The van der Waals surface area contributed by atoms with Crippen molar-refractivity contribution in [1.29, 1.82) is 0 Å². The number of piperazine rings is 1. The molecule has 30 heavy (non-hydrogen) atoms. The van der Waals surface area contributed by atoms with E-state index < -0.39 is 0 Å². The largest absolute Gasteiger partial charge is 0.353 e. The number of fused-ring (bicyclic) bond motifs is 1. The van der Waals surface area contributed by atoms with Crippen molar-refractivity contribution >= 4 is 22.8 Å². The number of carbonyl (C=O) groups is 1. The Bertz CT molecular complexity index is 1190. The Morgan fingerprint density at radius 1 is 1.00 bits per heavy atom. The lowest BCUT2D eigenvalue weighted by Crippen LogP contribution is -2.49. The number of nitrogens with zero attached hydrogens (tertiary/aromatic N) is 8. The van der Waals surface area contributed by atoms with Crippen molar-refractivity contribution in [2.75, 3.05) is 31.1 Å². The molecule has 9 nitrogen and oxygen atoms in total. The number of rotatable bonds is 4. The van der Waals surface area contributed by atoms with Gasteiger partial charge in [0.25, 0.3) is 0 Å². The third-order valence-electron chi connectivity index (χ3n) is 5.50. The molecule has 0 unspecified atom stereocenters. The van der Waals surface area contributed by atoms with Gasteiger partial charge in [-0.3, -0.25) is 9.36 Å². The minimum atomic E-state index is 0.107. The fourth-order valence-corrected chi connectivity index (χ4v) is 3.83. The Hall–Kier alpha value is -3.75. The Balaban J connectivity index is 1.24. The number of amides is 1. The highest BCUT2D eigenvalue weighted by molar-refractivity contribution is 5.80. The van der Waals surface area contributed by atoms with E-state index in [1.54, 1.807) is 18.9 Å². The number of aromatic nitrogens is 6. The normalized spacial score (nSPS) is 14.4. The molecule has 0 bridgehead atoms. The van der Waals surface area contributed by atoms with E-state index in [1.807, 2.05) is 57.5 Å². The van der Waals surface area contributed by atoms with E-state index in [0.717, 1.165) is 41.6 Å². The summed E-state index contributed by atoms with van der Waals surface area (Å²) in [6, 6.07) is 9.82.